The lowest BCUT2D eigenvalue weighted by Crippen LogP contribution is -2.53. The van der Waals surface area contributed by atoms with Gasteiger partial charge in [-0.1, -0.05) is 6.07 Å². The summed E-state index contributed by atoms with van der Waals surface area (Å²) in [6, 6.07) is 3.60. The molecule has 1 aromatic rings. The van der Waals surface area contributed by atoms with Crippen molar-refractivity contribution in [2.45, 2.75) is 31.4 Å². The lowest BCUT2D eigenvalue weighted by Gasteiger charge is -2.39. The van der Waals surface area contributed by atoms with Crippen LogP contribution in [0.25, 0.3) is 0 Å². The number of carbonyl (C=O) groups excluding carboxylic acids is 1. The smallest absolute Gasteiger partial charge is 0.259 e. The molecule has 0 spiro atoms. The molecule has 1 heterocycles. The Hall–Kier alpha value is -1.53. The predicted octanol–water partition coefficient (Wildman–Crippen LogP) is 1.64. The summed E-state index contributed by atoms with van der Waals surface area (Å²) in [5.41, 5.74) is -0.475. The minimum absolute atomic E-state index is 0.155. The Balaban J connectivity index is 1.65. The zero-order chi connectivity index (χ0) is 15.7. The summed E-state index contributed by atoms with van der Waals surface area (Å²) in [6.45, 7) is 2.11. The summed E-state index contributed by atoms with van der Waals surface area (Å²) in [6.07, 6.45) is 2.51. The van der Waals surface area contributed by atoms with Crippen molar-refractivity contribution in [1.82, 2.24) is 9.80 Å². The van der Waals surface area contributed by atoms with Crippen molar-refractivity contribution in [3.05, 3.63) is 35.4 Å². The van der Waals surface area contributed by atoms with Crippen molar-refractivity contribution >= 4 is 5.91 Å². The van der Waals surface area contributed by atoms with Crippen LogP contribution in [0, 0.1) is 11.6 Å². The standard InChI is InChI=1S/C16H20F2N2O2/c17-11-3-1-4-12(18)15(11)16(22)20-9-7-19(8-10-20)13-5-2-6-14(13)21/h1,3-4,13-14,21H,2,5-10H2/t13-,14+/m0/s1. The predicted molar refractivity (Wildman–Crippen MR) is 77.5 cm³/mol. The highest BCUT2D eigenvalue weighted by Gasteiger charge is 2.34. The molecule has 1 N–H and O–H groups in total. The number of hydrogen-bond donors (Lipinski definition) is 1. The second-order valence-electron chi connectivity index (χ2n) is 5.99. The number of rotatable bonds is 2. The van der Waals surface area contributed by atoms with Gasteiger partial charge in [0.05, 0.1) is 6.10 Å². The normalized spacial score (nSPS) is 26.4. The largest absolute Gasteiger partial charge is 0.391 e. The van der Waals surface area contributed by atoms with Crippen molar-refractivity contribution in [1.29, 1.82) is 0 Å². The third-order valence-corrected chi connectivity index (χ3v) is 4.69. The zero-order valence-corrected chi connectivity index (χ0v) is 12.3. The van der Waals surface area contributed by atoms with Crippen LogP contribution in [0.1, 0.15) is 29.6 Å². The Morgan fingerprint density at radius 2 is 1.73 bits per heavy atom. The summed E-state index contributed by atoms with van der Waals surface area (Å²) in [4.78, 5) is 16.0. The van der Waals surface area contributed by atoms with Crippen molar-refractivity contribution in [2.75, 3.05) is 26.2 Å². The lowest BCUT2D eigenvalue weighted by molar-refractivity contribution is 0.0311. The van der Waals surface area contributed by atoms with Gasteiger partial charge in [-0.15, -0.1) is 0 Å². The molecule has 22 heavy (non-hydrogen) atoms. The second-order valence-corrected chi connectivity index (χ2v) is 5.99. The number of aliphatic hydroxyl groups is 1. The van der Waals surface area contributed by atoms with Gasteiger partial charge in [0.25, 0.3) is 5.91 Å². The fourth-order valence-electron chi connectivity index (χ4n) is 3.46. The van der Waals surface area contributed by atoms with Crippen molar-refractivity contribution < 1.29 is 18.7 Å². The molecule has 6 heteroatoms. The number of halogens is 2. The van der Waals surface area contributed by atoms with E-state index in [9.17, 15) is 18.7 Å². The Morgan fingerprint density at radius 1 is 1.09 bits per heavy atom. The summed E-state index contributed by atoms with van der Waals surface area (Å²) < 4.78 is 27.4. The molecule has 1 aliphatic carbocycles. The fraction of sp³-hybridized carbons (Fsp3) is 0.562. The quantitative estimate of drug-likeness (QED) is 0.903. The van der Waals surface area contributed by atoms with E-state index in [4.69, 9.17) is 0 Å². The van der Waals surface area contributed by atoms with Crippen LogP contribution < -0.4 is 0 Å². The van der Waals surface area contributed by atoms with Crippen molar-refractivity contribution in [2.24, 2.45) is 0 Å². The first-order valence-corrected chi connectivity index (χ1v) is 7.73. The van der Waals surface area contributed by atoms with Crippen molar-refractivity contribution in [3.8, 4) is 0 Å². The first kappa shape index (κ1) is 15.4. The van der Waals surface area contributed by atoms with E-state index in [1.807, 2.05) is 0 Å². The van der Waals surface area contributed by atoms with Gasteiger partial charge in [0.1, 0.15) is 17.2 Å². The summed E-state index contributed by atoms with van der Waals surface area (Å²) in [5, 5.41) is 9.95. The highest BCUT2D eigenvalue weighted by Crippen LogP contribution is 2.25. The minimum atomic E-state index is -0.821. The van der Waals surface area contributed by atoms with Crippen molar-refractivity contribution in [3.63, 3.8) is 0 Å². The van der Waals surface area contributed by atoms with Crippen LogP contribution >= 0.6 is 0 Å². The molecule has 0 radical (unpaired) electrons. The third-order valence-electron chi connectivity index (χ3n) is 4.69. The van der Waals surface area contributed by atoms with Gasteiger partial charge in [0, 0.05) is 32.2 Å². The van der Waals surface area contributed by atoms with Gasteiger partial charge in [0.15, 0.2) is 0 Å². The van der Waals surface area contributed by atoms with E-state index in [1.165, 1.54) is 11.0 Å². The molecular formula is C16H20F2N2O2. The summed E-state index contributed by atoms with van der Waals surface area (Å²) in [7, 11) is 0. The molecule has 2 atom stereocenters. The SMILES string of the molecule is O=C(c1c(F)cccc1F)N1CCN([C@H]2CCC[C@H]2O)CC1. The maximum Gasteiger partial charge on any atom is 0.259 e. The number of aliphatic hydroxyl groups excluding tert-OH is 1. The van der Waals surface area contributed by atoms with E-state index in [0.29, 0.717) is 26.2 Å². The third kappa shape index (κ3) is 2.85. The molecule has 4 nitrogen and oxygen atoms in total. The number of carbonyl (C=O) groups is 1. The average Bonchev–Trinajstić information content (AvgIpc) is 2.93. The highest BCUT2D eigenvalue weighted by molar-refractivity contribution is 5.94. The average molecular weight is 310 g/mol. The van der Waals surface area contributed by atoms with Crippen LogP contribution in [0.3, 0.4) is 0 Å². The molecule has 1 saturated heterocycles. The first-order chi connectivity index (χ1) is 10.6. The van der Waals surface area contributed by atoms with Crippen LogP contribution in [0.4, 0.5) is 8.78 Å². The van der Waals surface area contributed by atoms with Gasteiger partial charge in [-0.25, -0.2) is 8.78 Å². The maximum absolute atomic E-state index is 13.7. The molecule has 0 bridgehead atoms. The van der Waals surface area contributed by atoms with E-state index < -0.39 is 23.1 Å². The Labute approximate surface area is 128 Å². The molecular weight excluding hydrogens is 290 g/mol. The summed E-state index contributed by atoms with van der Waals surface area (Å²) in [5.74, 6) is -2.24. The maximum atomic E-state index is 13.7. The molecule has 1 saturated carbocycles. The topological polar surface area (TPSA) is 43.8 Å². The molecule has 1 aromatic carbocycles. The van der Waals surface area contributed by atoms with E-state index in [-0.39, 0.29) is 12.1 Å². The van der Waals surface area contributed by atoms with Gasteiger partial charge in [-0.05, 0) is 31.4 Å². The molecule has 1 aliphatic heterocycles. The summed E-state index contributed by atoms with van der Waals surface area (Å²) >= 11 is 0. The molecule has 0 aromatic heterocycles. The number of amides is 1. The number of piperazine rings is 1. The van der Waals surface area contributed by atoms with E-state index in [2.05, 4.69) is 4.90 Å². The number of nitrogens with zero attached hydrogens (tertiary/aromatic N) is 2. The van der Waals surface area contributed by atoms with Gasteiger partial charge in [-0.3, -0.25) is 9.69 Å². The van der Waals surface area contributed by atoms with Gasteiger partial charge < -0.3 is 10.0 Å². The first-order valence-electron chi connectivity index (χ1n) is 7.73. The lowest BCUT2D eigenvalue weighted by atomic mass is 10.1. The van der Waals surface area contributed by atoms with E-state index in [1.54, 1.807) is 0 Å². The highest BCUT2D eigenvalue weighted by atomic mass is 19.1. The number of benzene rings is 1. The monoisotopic (exact) mass is 310 g/mol. The minimum Gasteiger partial charge on any atom is -0.391 e. The molecule has 120 valence electrons. The van der Waals surface area contributed by atoms with Gasteiger partial charge >= 0.3 is 0 Å². The second kappa shape index (κ2) is 6.30. The Kier molecular flexibility index (Phi) is 4.40. The van der Waals surface area contributed by atoms with E-state index in [0.717, 1.165) is 31.4 Å². The van der Waals surface area contributed by atoms with Crippen LogP contribution in [-0.2, 0) is 0 Å². The van der Waals surface area contributed by atoms with E-state index >= 15 is 0 Å². The molecule has 1 amide bonds. The molecule has 0 unspecified atom stereocenters. The molecule has 2 fully saturated rings. The molecule has 3 rings (SSSR count). The van der Waals surface area contributed by atoms with Crippen LogP contribution in [0.2, 0.25) is 0 Å². The van der Waals surface area contributed by atoms with Crippen LogP contribution in [0.5, 0.6) is 0 Å². The van der Waals surface area contributed by atoms with Crippen LogP contribution in [-0.4, -0.2) is 59.1 Å². The zero-order valence-electron chi connectivity index (χ0n) is 12.3. The van der Waals surface area contributed by atoms with Crippen LogP contribution in [0.15, 0.2) is 18.2 Å². The Morgan fingerprint density at radius 3 is 2.27 bits per heavy atom. The fourth-order valence-corrected chi connectivity index (χ4v) is 3.46. The van der Waals surface area contributed by atoms with Gasteiger partial charge in [-0.2, -0.15) is 0 Å². The molecule has 2 aliphatic rings. The number of hydrogen-bond acceptors (Lipinski definition) is 3. The Bertz CT molecular complexity index is 539. The van der Waals surface area contributed by atoms with Gasteiger partial charge in [0.2, 0.25) is 0 Å².